The van der Waals surface area contributed by atoms with Crippen LogP contribution in [0.25, 0.3) is 11.1 Å². The molecule has 0 bridgehead atoms. The van der Waals surface area contributed by atoms with Gasteiger partial charge in [0.2, 0.25) is 0 Å². The first-order valence-corrected chi connectivity index (χ1v) is 10.9. The number of anilines is 1. The van der Waals surface area contributed by atoms with Gasteiger partial charge in [-0.15, -0.1) is 0 Å². The van der Waals surface area contributed by atoms with Crippen LogP contribution in [0.15, 0.2) is 61.2 Å². The fraction of sp³-hybridized carbons (Fsp3) is 0.269. The smallest absolute Gasteiger partial charge is 0.252 e. The van der Waals surface area contributed by atoms with Crippen LogP contribution < -0.4 is 10.2 Å². The number of amides is 1. The molecule has 4 rings (SSSR count). The van der Waals surface area contributed by atoms with E-state index in [1.54, 1.807) is 44.0 Å². The lowest BCUT2D eigenvalue weighted by atomic mass is 9.96. The van der Waals surface area contributed by atoms with Crippen molar-refractivity contribution >= 4 is 11.6 Å². The highest BCUT2D eigenvalue weighted by molar-refractivity contribution is 5.95. The molecule has 1 saturated carbocycles. The molecular formula is C26H24N6O2. The number of benzene rings is 1. The number of hydrogen-bond acceptors (Lipinski definition) is 7. The van der Waals surface area contributed by atoms with Crippen LogP contribution in [-0.4, -0.2) is 41.7 Å². The molecule has 2 unspecified atom stereocenters. The number of aromatic nitrogens is 2. The molecule has 1 N–H and O–H groups in total. The van der Waals surface area contributed by atoms with E-state index in [0.717, 1.165) is 22.3 Å². The molecule has 8 nitrogen and oxygen atoms in total. The Morgan fingerprint density at radius 3 is 2.71 bits per heavy atom. The van der Waals surface area contributed by atoms with Gasteiger partial charge >= 0.3 is 0 Å². The molecule has 0 spiro atoms. The number of carbonyl (C=O) groups excluding carboxylic acids is 1. The van der Waals surface area contributed by atoms with Crippen LogP contribution in [-0.2, 0) is 4.74 Å². The van der Waals surface area contributed by atoms with Gasteiger partial charge in [-0.3, -0.25) is 19.7 Å². The van der Waals surface area contributed by atoms with Gasteiger partial charge in [-0.25, -0.2) is 0 Å². The van der Waals surface area contributed by atoms with Gasteiger partial charge in [0.15, 0.2) is 6.19 Å². The maximum atomic E-state index is 12.6. The second-order valence-electron chi connectivity index (χ2n) is 8.28. The van der Waals surface area contributed by atoms with E-state index >= 15 is 0 Å². The van der Waals surface area contributed by atoms with Gasteiger partial charge in [-0.1, -0.05) is 18.2 Å². The van der Waals surface area contributed by atoms with Gasteiger partial charge < -0.3 is 10.1 Å². The van der Waals surface area contributed by atoms with Crippen molar-refractivity contribution in [1.29, 1.82) is 10.5 Å². The number of methoxy groups -OCH3 is 1. The lowest BCUT2D eigenvalue weighted by Gasteiger charge is -2.17. The minimum atomic E-state index is -0.940. The van der Waals surface area contributed by atoms with Crippen molar-refractivity contribution in [3.63, 3.8) is 0 Å². The van der Waals surface area contributed by atoms with Gasteiger partial charge in [0.1, 0.15) is 5.54 Å². The summed E-state index contributed by atoms with van der Waals surface area (Å²) in [5, 5.41) is 22.3. The van der Waals surface area contributed by atoms with E-state index in [0.29, 0.717) is 30.8 Å². The summed E-state index contributed by atoms with van der Waals surface area (Å²) in [6, 6.07) is 13.5. The Bertz CT molecular complexity index is 1280. The first kappa shape index (κ1) is 22.9. The summed E-state index contributed by atoms with van der Waals surface area (Å²) in [6.07, 6.45) is 9.23. The minimum Gasteiger partial charge on any atom is -0.383 e. The topological polar surface area (TPSA) is 115 Å². The van der Waals surface area contributed by atoms with E-state index in [-0.39, 0.29) is 11.8 Å². The first-order valence-electron chi connectivity index (χ1n) is 10.9. The summed E-state index contributed by atoms with van der Waals surface area (Å²) in [5.41, 5.74) is 4.08. The van der Waals surface area contributed by atoms with Crippen molar-refractivity contribution in [2.75, 3.05) is 25.2 Å². The average Bonchev–Trinajstić information content (AvgIpc) is 3.59. The second kappa shape index (κ2) is 9.70. The number of carbonyl (C=O) groups is 1. The van der Waals surface area contributed by atoms with Crippen LogP contribution in [0.2, 0.25) is 0 Å². The highest BCUT2D eigenvalue weighted by Crippen LogP contribution is 2.52. The number of aryl methyl sites for hydroxylation is 1. The predicted octanol–water partition coefficient (Wildman–Crippen LogP) is 3.57. The van der Waals surface area contributed by atoms with E-state index in [1.807, 2.05) is 31.2 Å². The minimum absolute atomic E-state index is 0.115. The van der Waals surface area contributed by atoms with E-state index in [4.69, 9.17) is 4.74 Å². The SMILES string of the molecule is COCCN(C#N)c1cncc(-c2cc(C3CC3(C#N)NC(=O)c3ccncc3)ccc2C)c1. The number of nitrogens with one attached hydrogen (secondary N) is 1. The molecule has 2 aromatic heterocycles. The maximum Gasteiger partial charge on any atom is 0.252 e. The van der Waals surface area contributed by atoms with Crippen molar-refractivity contribution < 1.29 is 9.53 Å². The molecule has 1 fully saturated rings. The molecule has 0 radical (unpaired) electrons. The largest absolute Gasteiger partial charge is 0.383 e. The Morgan fingerprint density at radius 1 is 1.21 bits per heavy atom. The summed E-state index contributed by atoms with van der Waals surface area (Å²) >= 11 is 0. The highest BCUT2D eigenvalue weighted by Gasteiger charge is 2.57. The summed E-state index contributed by atoms with van der Waals surface area (Å²) in [6.45, 7) is 2.87. The summed E-state index contributed by atoms with van der Waals surface area (Å²) in [5.74, 6) is -0.403. The Kier molecular flexibility index (Phi) is 6.53. The first-order chi connectivity index (χ1) is 16.5. The molecule has 1 amide bonds. The van der Waals surface area contributed by atoms with Crippen molar-refractivity contribution in [2.45, 2.75) is 24.8 Å². The molecule has 2 atom stereocenters. The predicted molar refractivity (Wildman–Crippen MR) is 127 cm³/mol. The zero-order chi connectivity index (χ0) is 24.1. The monoisotopic (exact) mass is 452 g/mol. The molecule has 0 saturated heterocycles. The normalized spacial score (nSPS) is 18.4. The average molecular weight is 453 g/mol. The Labute approximate surface area is 198 Å². The number of nitriles is 2. The van der Waals surface area contributed by atoms with Crippen molar-refractivity contribution in [3.8, 4) is 23.4 Å². The van der Waals surface area contributed by atoms with Crippen LogP contribution in [0.1, 0.15) is 33.8 Å². The third-order valence-corrected chi connectivity index (χ3v) is 6.09. The van der Waals surface area contributed by atoms with Crippen LogP contribution in [0.3, 0.4) is 0 Å². The quantitative estimate of drug-likeness (QED) is 0.410. The van der Waals surface area contributed by atoms with E-state index < -0.39 is 5.54 Å². The third kappa shape index (κ3) is 4.59. The molecule has 1 aliphatic rings. The van der Waals surface area contributed by atoms with Gasteiger partial charge in [0.25, 0.3) is 5.91 Å². The molecule has 170 valence electrons. The van der Waals surface area contributed by atoms with Gasteiger partial charge in [-0.2, -0.15) is 10.5 Å². The number of nitrogens with zero attached hydrogens (tertiary/aromatic N) is 5. The summed E-state index contributed by atoms with van der Waals surface area (Å²) < 4.78 is 5.09. The molecule has 3 aromatic rings. The molecule has 8 heteroatoms. The standard InChI is InChI=1S/C26H24N6O2/c1-18-3-4-20(24-13-26(24,16-27)31-25(33)19-5-7-29-8-6-19)12-23(18)21-11-22(15-30-14-21)32(17-28)9-10-34-2/h3-8,11-12,14-15,24H,9-10,13H2,1-2H3,(H,31,33). The molecule has 1 aliphatic carbocycles. The lowest BCUT2D eigenvalue weighted by molar-refractivity contribution is 0.0940. The highest BCUT2D eigenvalue weighted by atomic mass is 16.5. The van der Waals surface area contributed by atoms with Crippen LogP contribution in [0.5, 0.6) is 0 Å². The molecule has 34 heavy (non-hydrogen) atoms. The summed E-state index contributed by atoms with van der Waals surface area (Å²) in [7, 11) is 1.59. The van der Waals surface area contributed by atoms with Crippen LogP contribution >= 0.6 is 0 Å². The lowest BCUT2D eigenvalue weighted by Crippen LogP contribution is -2.37. The number of hydrogen-bond donors (Lipinski definition) is 1. The van der Waals surface area contributed by atoms with Crippen molar-refractivity contribution in [3.05, 3.63) is 77.9 Å². The molecule has 1 aromatic carbocycles. The van der Waals surface area contributed by atoms with Gasteiger partial charge in [0.05, 0.1) is 31.1 Å². The Balaban J connectivity index is 1.59. The van der Waals surface area contributed by atoms with E-state index in [1.165, 1.54) is 4.90 Å². The Hall–Kier alpha value is -4.27. The fourth-order valence-corrected chi connectivity index (χ4v) is 4.04. The van der Waals surface area contributed by atoms with Gasteiger partial charge in [-0.05, 0) is 48.2 Å². The molecule has 0 aliphatic heterocycles. The van der Waals surface area contributed by atoms with E-state index in [2.05, 4.69) is 27.5 Å². The zero-order valence-corrected chi connectivity index (χ0v) is 19.0. The number of ether oxygens (including phenoxy) is 1. The van der Waals surface area contributed by atoms with E-state index in [9.17, 15) is 15.3 Å². The van der Waals surface area contributed by atoms with Gasteiger partial charge in [0, 0.05) is 42.7 Å². The van der Waals surface area contributed by atoms with Crippen molar-refractivity contribution in [1.82, 2.24) is 15.3 Å². The van der Waals surface area contributed by atoms with Crippen LogP contribution in [0, 0.1) is 29.7 Å². The Morgan fingerprint density at radius 2 is 2.00 bits per heavy atom. The zero-order valence-electron chi connectivity index (χ0n) is 19.0. The van der Waals surface area contributed by atoms with Crippen molar-refractivity contribution in [2.24, 2.45) is 0 Å². The molecular weight excluding hydrogens is 428 g/mol. The number of pyridine rings is 2. The molecule has 2 heterocycles. The van der Waals surface area contributed by atoms with Crippen LogP contribution in [0.4, 0.5) is 5.69 Å². The summed E-state index contributed by atoms with van der Waals surface area (Å²) in [4.78, 5) is 22.5. The third-order valence-electron chi connectivity index (χ3n) is 6.09. The number of rotatable bonds is 8. The fourth-order valence-electron chi connectivity index (χ4n) is 4.04. The maximum absolute atomic E-state index is 12.6. The second-order valence-corrected chi connectivity index (χ2v) is 8.28.